The van der Waals surface area contributed by atoms with E-state index in [-0.39, 0.29) is 11.5 Å². The third-order valence-electron chi connectivity index (χ3n) is 3.55. The lowest BCUT2D eigenvalue weighted by molar-refractivity contribution is 0.235. The van der Waals surface area contributed by atoms with Gasteiger partial charge in [0.1, 0.15) is 12.3 Å². The molecule has 0 radical (unpaired) electrons. The smallest absolute Gasteiger partial charge is 0.235 e. The van der Waals surface area contributed by atoms with Gasteiger partial charge in [-0.3, -0.25) is 4.98 Å². The molecule has 1 atom stereocenters. The van der Waals surface area contributed by atoms with Gasteiger partial charge in [-0.05, 0) is 29.7 Å². The van der Waals surface area contributed by atoms with Crippen LogP contribution >= 0.6 is 0 Å². The van der Waals surface area contributed by atoms with Crippen molar-refractivity contribution in [3.8, 4) is 11.4 Å². The van der Waals surface area contributed by atoms with Crippen LogP contribution in [0.3, 0.4) is 0 Å². The molecule has 1 aliphatic heterocycles. The summed E-state index contributed by atoms with van der Waals surface area (Å²) >= 11 is 0. The number of hydrogen-bond acceptors (Lipinski definition) is 4. The van der Waals surface area contributed by atoms with E-state index in [1.165, 1.54) is 0 Å². The number of ether oxygens (including phenoxy) is 1. The van der Waals surface area contributed by atoms with Crippen LogP contribution in [-0.4, -0.2) is 28.5 Å². The third kappa shape index (κ3) is 2.94. The van der Waals surface area contributed by atoms with Gasteiger partial charge in [0, 0.05) is 6.20 Å². The Morgan fingerprint density at radius 1 is 1.00 bits per heavy atom. The van der Waals surface area contributed by atoms with Gasteiger partial charge in [0.2, 0.25) is 5.90 Å². The molecule has 0 unspecified atom stereocenters. The first kappa shape index (κ1) is 13.7. The topological polar surface area (TPSA) is 47.4 Å². The minimum Gasteiger partial charge on any atom is -0.474 e. The van der Waals surface area contributed by atoms with Gasteiger partial charge < -0.3 is 4.74 Å². The molecule has 0 aliphatic carbocycles. The molecule has 4 nitrogen and oxygen atoms in total. The van der Waals surface area contributed by atoms with Crippen LogP contribution in [0.1, 0.15) is 26.5 Å². The molecule has 21 heavy (non-hydrogen) atoms. The predicted octanol–water partition coefficient (Wildman–Crippen LogP) is 3.34. The Bertz CT molecular complexity index is 659. The standard InChI is InChI=1S/C17H19N3O/c1-17(2,3)15-11-21-16(20-15)14-9-6-8-13(19-14)12-7-4-5-10-18-12/h4-10,15H,11H2,1-3H3/t15-/m0/s1. The van der Waals surface area contributed by atoms with Gasteiger partial charge >= 0.3 is 0 Å². The first-order valence-electron chi connectivity index (χ1n) is 7.13. The summed E-state index contributed by atoms with van der Waals surface area (Å²) in [5, 5.41) is 0. The molecule has 3 rings (SSSR count). The van der Waals surface area contributed by atoms with Gasteiger partial charge in [-0.2, -0.15) is 0 Å². The Morgan fingerprint density at radius 2 is 1.76 bits per heavy atom. The summed E-state index contributed by atoms with van der Waals surface area (Å²) in [6, 6.07) is 11.8. The molecule has 1 aliphatic rings. The van der Waals surface area contributed by atoms with E-state index in [2.05, 4.69) is 35.7 Å². The van der Waals surface area contributed by atoms with Crippen molar-refractivity contribution in [1.29, 1.82) is 0 Å². The number of aliphatic imine (C=N–C) groups is 1. The second kappa shape index (κ2) is 5.28. The molecule has 0 saturated carbocycles. The highest BCUT2D eigenvalue weighted by Gasteiger charge is 2.31. The van der Waals surface area contributed by atoms with Crippen LogP contribution in [0.5, 0.6) is 0 Å². The van der Waals surface area contributed by atoms with Gasteiger partial charge in [-0.15, -0.1) is 0 Å². The summed E-state index contributed by atoms with van der Waals surface area (Å²) in [5.41, 5.74) is 2.55. The van der Waals surface area contributed by atoms with E-state index in [0.29, 0.717) is 12.5 Å². The van der Waals surface area contributed by atoms with Gasteiger partial charge in [-0.1, -0.05) is 32.9 Å². The maximum Gasteiger partial charge on any atom is 0.235 e. The monoisotopic (exact) mass is 281 g/mol. The highest BCUT2D eigenvalue weighted by Crippen LogP contribution is 2.27. The van der Waals surface area contributed by atoms with Crippen molar-refractivity contribution in [3.63, 3.8) is 0 Å². The highest BCUT2D eigenvalue weighted by molar-refractivity contribution is 5.93. The quantitative estimate of drug-likeness (QED) is 0.848. The van der Waals surface area contributed by atoms with Gasteiger partial charge in [-0.25, -0.2) is 9.98 Å². The number of hydrogen-bond donors (Lipinski definition) is 0. The Balaban J connectivity index is 1.91. The molecule has 108 valence electrons. The fourth-order valence-corrected chi connectivity index (χ4v) is 2.17. The molecule has 0 saturated heterocycles. The number of aromatic nitrogens is 2. The van der Waals surface area contributed by atoms with E-state index in [9.17, 15) is 0 Å². The zero-order chi connectivity index (χ0) is 14.9. The molecule has 0 bridgehead atoms. The second-order valence-electron chi connectivity index (χ2n) is 6.25. The lowest BCUT2D eigenvalue weighted by Gasteiger charge is -2.21. The van der Waals surface area contributed by atoms with Crippen molar-refractivity contribution in [2.75, 3.05) is 6.61 Å². The van der Waals surface area contributed by atoms with Crippen molar-refractivity contribution >= 4 is 5.90 Å². The van der Waals surface area contributed by atoms with E-state index in [0.717, 1.165) is 17.1 Å². The molecule has 0 fully saturated rings. The summed E-state index contributed by atoms with van der Waals surface area (Å²) in [4.78, 5) is 13.6. The maximum absolute atomic E-state index is 5.74. The van der Waals surface area contributed by atoms with Crippen LogP contribution in [0.2, 0.25) is 0 Å². The molecule has 4 heteroatoms. The lowest BCUT2D eigenvalue weighted by atomic mass is 9.88. The molecule has 0 amide bonds. The Labute approximate surface area is 124 Å². The Kier molecular flexibility index (Phi) is 3.45. The van der Waals surface area contributed by atoms with Crippen molar-refractivity contribution in [3.05, 3.63) is 48.3 Å². The van der Waals surface area contributed by atoms with Crippen molar-refractivity contribution in [2.45, 2.75) is 26.8 Å². The summed E-state index contributed by atoms with van der Waals surface area (Å²) < 4.78 is 5.74. The number of rotatable bonds is 2. The first-order chi connectivity index (χ1) is 10.0. The normalized spacial score (nSPS) is 18.2. The van der Waals surface area contributed by atoms with Crippen molar-refractivity contribution in [1.82, 2.24) is 9.97 Å². The Morgan fingerprint density at radius 3 is 2.43 bits per heavy atom. The van der Waals surface area contributed by atoms with Crippen molar-refractivity contribution in [2.24, 2.45) is 10.4 Å². The zero-order valence-electron chi connectivity index (χ0n) is 12.6. The first-order valence-corrected chi connectivity index (χ1v) is 7.13. The molecule has 0 N–H and O–H groups in total. The second-order valence-corrected chi connectivity index (χ2v) is 6.25. The van der Waals surface area contributed by atoms with E-state index in [1.54, 1.807) is 6.20 Å². The van der Waals surface area contributed by atoms with Crippen LogP contribution < -0.4 is 0 Å². The number of nitrogens with zero attached hydrogens (tertiary/aromatic N) is 3. The number of pyridine rings is 2. The van der Waals surface area contributed by atoms with E-state index in [1.807, 2.05) is 36.4 Å². The van der Waals surface area contributed by atoms with E-state index < -0.39 is 0 Å². The largest absolute Gasteiger partial charge is 0.474 e. The summed E-state index contributed by atoms with van der Waals surface area (Å²) in [5.74, 6) is 0.632. The van der Waals surface area contributed by atoms with Crippen LogP contribution in [0.4, 0.5) is 0 Å². The minimum atomic E-state index is 0.0976. The van der Waals surface area contributed by atoms with Crippen LogP contribution in [-0.2, 0) is 4.74 Å². The summed E-state index contributed by atoms with van der Waals surface area (Å²) in [6.07, 6.45) is 1.77. The fraction of sp³-hybridized carbons (Fsp3) is 0.353. The highest BCUT2D eigenvalue weighted by atomic mass is 16.5. The lowest BCUT2D eigenvalue weighted by Crippen LogP contribution is -2.25. The predicted molar refractivity (Wildman–Crippen MR) is 83.2 cm³/mol. The molecule has 2 aromatic heterocycles. The van der Waals surface area contributed by atoms with Gasteiger partial charge in [0.15, 0.2) is 0 Å². The fourth-order valence-electron chi connectivity index (χ4n) is 2.17. The van der Waals surface area contributed by atoms with E-state index in [4.69, 9.17) is 4.74 Å². The summed E-state index contributed by atoms with van der Waals surface area (Å²) in [7, 11) is 0. The van der Waals surface area contributed by atoms with Crippen molar-refractivity contribution < 1.29 is 4.74 Å². The van der Waals surface area contributed by atoms with E-state index >= 15 is 0 Å². The molecule has 3 heterocycles. The molecule has 0 spiro atoms. The minimum absolute atomic E-state index is 0.0976. The maximum atomic E-state index is 5.74. The third-order valence-corrected chi connectivity index (χ3v) is 3.55. The molecular formula is C17H19N3O. The van der Waals surface area contributed by atoms with Gasteiger partial charge in [0.05, 0.1) is 17.4 Å². The van der Waals surface area contributed by atoms with Crippen LogP contribution in [0.25, 0.3) is 11.4 Å². The van der Waals surface area contributed by atoms with Crippen LogP contribution in [0, 0.1) is 5.41 Å². The Hall–Kier alpha value is -2.23. The molecule has 0 aromatic carbocycles. The SMILES string of the molecule is CC(C)(C)[C@@H]1COC(c2cccc(-c3ccccn3)n2)=N1. The average molecular weight is 281 g/mol. The average Bonchev–Trinajstić information content (AvgIpc) is 2.98. The zero-order valence-corrected chi connectivity index (χ0v) is 12.6. The molecule has 2 aromatic rings. The molecular weight excluding hydrogens is 262 g/mol. The van der Waals surface area contributed by atoms with Gasteiger partial charge in [0.25, 0.3) is 0 Å². The summed E-state index contributed by atoms with van der Waals surface area (Å²) in [6.45, 7) is 7.13. The van der Waals surface area contributed by atoms with Crippen LogP contribution in [0.15, 0.2) is 47.6 Å².